The second-order valence-electron chi connectivity index (χ2n) is 9.04. The Bertz CT molecular complexity index is 1480. The Morgan fingerprint density at radius 1 is 0.974 bits per heavy atom. The van der Waals surface area contributed by atoms with E-state index in [2.05, 4.69) is 15.6 Å². The molecule has 2 amide bonds. The molecular formula is C28H25F2N3O5. The second kappa shape index (κ2) is 10.1. The lowest BCUT2D eigenvalue weighted by atomic mass is 10.0. The van der Waals surface area contributed by atoms with Crippen LogP contribution < -0.4 is 24.8 Å². The molecule has 2 aliphatic carbocycles. The molecule has 2 aromatic carbocycles. The smallest absolute Gasteiger partial charge is 0.240 e. The van der Waals surface area contributed by atoms with Crippen LogP contribution in [-0.2, 0) is 9.59 Å². The Balaban J connectivity index is 1.30. The van der Waals surface area contributed by atoms with Crippen LogP contribution in [0.4, 0.5) is 14.5 Å². The van der Waals surface area contributed by atoms with Gasteiger partial charge in [-0.3, -0.25) is 14.6 Å². The maximum atomic E-state index is 15.0. The Morgan fingerprint density at radius 3 is 2.37 bits per heavy atom. The molecule has 0 radical (unpaired) electrons. The molecule has 10 heteroatoms. The highest BCUT2D eigenvalue weighted by atomic mass is 19.1. The quantitative estimate of drug-likeness (QED) is 0.396. The van der Waals surface area contributed by atoms with Crippen molar-refractivity contribution < 1.29 is 32.6 Å². The predicted molar refractivity (Wildman–Crippen MR) is 136 cm³/mol. The number of anilines is 1. The van der Waals surface area contributed by atoms with Gasteiger partial charge in [-0.15, -0.1) is 0 Å². The van der Waals surface area contributed by atoms with E-state index in [0.717, 1.165) is 6.07 Å². The number of ether oxygens (including phenoxy) is 3. The molecule has 1 atom stereocenters. The molecule has 2 N–H and O–H groups in total. The van der Waals surface area contributed by atoms with Crippen LogP contribution in [0.1, 0.15) is 19.3 Å². The molecule has 0 saturated heterocycles. The molecule has 0 bridgehead atoms. The van der Waals surface area contributed by atoms with E-state index in [1.807, 2.05) is 0 Å². The maximum absolute atomic E-state index is 15.0. The van der Waals surface area contributed by atoms with Gasteiger partial charge in [-0.1, -0.05) is 6.08 Å². The van der Waals surface area contributed by atoms with E-state index in [9.17, 15) is 14.0 Å². The minimum atomic E-state index is -1.25. The van der Waals surface area contributed by atoms with Crippen LogP contribution in [0.3, 0.4) is 0 Å². The van der Waals surface area contributed by atoms with Gasteiger partial charge in [-0.25, -0.2) is 8.78 Å². The highest BCUT2D eigenvalue weighted by molar-refractivity contribution is 6.13. The van der Waals surface area contributed by atoms with E-state index < -0.39 is 29.2 Å². The fourth-order valence-corrected chi connectivity index (χ4v) is 4.19. The third-order valence-electron chi connectivity index (χ3n) is 6.54. The summed E-state index contributed by atoms with van der Waals surface area (Å²) < 4.78 is 44.8. The van der Waals surface area contributed by atoms with Crippen LogP contribution in [0.15, 0.2) is 66.5 Å². The number of hydrogen-bond donors (Lipinski definition) is 2. The third-order valence-corrected chi connectivity index (χ3v) is 6.54. The van der Waals surface area contributed by atoms with Crippen molar-refractivity contribution in [3.05, 3.63) is 72.3 Å². The summed E-state index contributed by atoms with van der Waals surface area (Å²) in [7, 11) is 3.03. The van der Waals surface area contributed by atoms with Gasteiger partial charge in [0.2, 0.25) is 11.8 Å². The Kier molecular flexibility index (Phi) is 6.71. The molecule has 0 spiro atoms. The van der Waals surface area contributed by atoms with Crippen LogP contribution in [0.5, 0.6) is 23.0 Å². The standard InChI is InChI=1S/C28H25F2N3O5/c1-36-24-14-19-21(15-25(24)37-2)31-12-9-22(19)38-23-8-7-18(13-20(23)30)33-27(35)28(10-11-28)26(34)32-17-5-3-16(29)4-6-17/h3,5-9,12-16H,4,10-11H2,1-2H3,(H,32,34)(H,33,35). The summed E-state index contributed by atoms with van der Waals surface area (Å²) in [6, 6.07) is 9.00. The Hall–Kier alpha value is -4.47. The molecule has 2 aliphatic rings. The molecule has 1 heterocycles. The van der Waals surface area contributed by atoms with Crippen LogP contribution in [0, 0.1) is 11.2 Å². The summed E-state index contributed by atoms with van der Waals surface area (Å²) in [6.45, 7) is 0. The number of benzene rings is 2. The molecule has 196 valence electrons. The minimum absolute atomic E-state index is 0.0636. The molecule has 3 aromatic rings. The molecule has 1 fully saturated rings. The number of nitrogens with zero attached hydrogens (tertiary/aromatic N) is 1. The van der Waals surface area contributed by atoms with Gasteiger partial charge in [0.25, 0.3) is 0 Å². The zero-order valence-electron chi connectivity index (χ0n) is 20.7. The van der Waals surface area contributed by atoms with Crippen molar-refractivity contribution in [3.8, 4) is 23.0 Å². The maximum Gasteiger partial charge on any atom is 0.240 e. The number of fused-ring (bicyclic) bond motifs is 1. The van der Waals surface area contributed by atoms with E-state index in [4.69, 9.17) is 14.2 Å². The summed E-state index contributed by atoms with van der Waals surface area (Å²) >= 11 is 0. The van der Waals surface area contributed by atoms with E-state index in [1.165, 1.54) is 44.7 Å². The zero-order chi connectivity index (χ0) is 26.9. The van der Waals surface area contributed by atoms with Crippen molar-refractivity contribution in [2.24, 2.45) is 5.41 Å². The van der Waals surface area contributed by atoms with Crippen molar-refractivity contribution in [1.29, 1.82) is 0 Å². The highest BCUT2D eigenvalue weighted by Gasteiger charge is 2.56. The number of nitrogens with one attached hydrogen (secondary N) is 2. The summed E-state index contributed by atoms with van der Waals surface area (Å²) in [4.78, 5) is 30.0. The monoisotopic (exact) mass is 521 g/mol. The van der Waals surface area contributed by atoms with Crippen molar-refractivity contribution in [3.63, 3.8) is 0 Å². The molecule has 8 nitrogen and oxygen atoms in total. The average molecular weight is 522 g/mol. The van der Waals surface area contributed by atoms with Crippen LogP contribution >= 0.6 is 0 Å². The largest absolute Gasteiger partial charge is 0.493 e. The number of rotatable bonds is 8. The summed E-state index contributed by atoms with van der Waals surface area (Å²) in [5.41, 5.74) is -0.0400. The van der Waals surface area contributed by atoms with Crippen LogP contribution in [-0.4, -0.2) is 37.2 Å². The second-order valence-corrected chi connectivity index (χ2v) is 9.04. The predicted octanol–water partition coefficient (Wildman–Crippen LogP) is 5.20. The number of pyridine rings is 1. The summed E-state index contributed by atoms with van der Waals surface area (Å²) in [6.07, 6.45) is 5.74. The minimum Gasteiger partial charge on any atom is -0.493 e. The summed E-state index contributed by atoms with van der Waals surface area (Å²) in [5, 5.41) is 5.90. The number of halogens is 2. The third kappa shape index (κ3) is 4.89. The first-order valence-corrected chi connectivity index (χ1v) is 12.0. The molecule has 0 aliphatic heterocycles. The number of amides is 2. The fraction of sp³-hybridized carbons (Fsp3) is 0.250. The molecule has 5 rings (SSSR count). The average Bonchev–Trinajstić information content (AvgIpc) is 3.73. The lowest BCUT2D eigenvalue weighted by Crippen LogP contribution is -2.39. The zero-order valence-corrected chi connectivity index (χ0v) is 20.7. The van der Waals surface area contributed by atoms with Gasteiger partial charge in [0.1, 0.15) is 17.3 Å². The first-order valence-electron chi connectivity index (χ1n) is 12.0. The van der Waals surface area contributed by atoms with E-state index >= 15 is 4.39 Å². The molecule has 1 saturated carbocycles. The number of carbonyl (C=O) groups excluding carboxylic acids is 2. The fourth-order valence-electron chi connectivity index (χ4n) is 4.19. The molecular weight excluding hydrogens is 496 g/mol. The van der Waals surface area contributed by atoms with Gasteiger partial charge in [0.15, 0.2) is 23.1 Å². The normalized spacial score (nSPS) is 17.4. The molecule has 1 aromatic heterocycles. The SMILES string of the molecule is COc1cc2nccc(Oc3ccc(NC(=O)C4(C(=O)NC5=CCC(F)C=C5)CC4)cc3F)c2cc1OC. The van der Waals surface area contributed by atoms with E-state index in [-0.39, 0.29) is 17.9 Å². The van der Waals surface area contributed by atoms with Gasteiger partial charge < -0.3 is 24.8 Å². The number of methoxy groups -OCH3 is 2. The van der Waals surface area contributed by atoms with Gasteiger partial charge >= 0.3 is 0 Å². The van der Waals surface area contributed by atoms with Crippen LogP contribution in [0.25, 0.3) is 10.9 Å². The number of carbonyl (C=O) groups is 2. The first-order chi connectivity index (χ1) is 18.3. The molecule has 38 heavy (non-hydrogen) atoms. The number of hydrogen-bond acceptors (Lipinski definition) is 6. The highest BCUT2D eigenvalue weighted by Crippen LogP contribution is 2.47. The topological polar surface area (TPSA) is 98.8 Å². The van der Waals surface area contributed by atoms with Crippen molar-refractivity contribution in [1.82, 2.24) is 10.3 Å². The first kappa shape index (κ1) is 25.2. The van der Waals surface area contributed by atoms with Crippen molar-refractivity contribution in [2.45, 2.75) is 25.4 Å². The van der Waals surface area contributed by atoms with E-state index in [1.54, 1.807) is 24.3 Å². The Morgan fingerprint density at radius 2 is 1.71 bits per heavy atom. The number of aromatic nitrogens is 1. The van der Waals surface area contributed by atoms with Gasteiger partial charge in [0, 0.05) is 41.5 Å². The van der Waals surface area contributed by atoms with Gasteiger partial charge in [-0.05, 0) is 49.3 Å². The number of alkyl halides is 1. The van der Waals surface area contributed by atoms with E-state index in [0.29, 0.717) is 46.7 Å². The van der Waals surface area contributed by atoms with Gasteiger partial charge in [0.05, 0.1) is 19.7 Å². The number of allylic oxidation sites excluding steroid dienone is 3. The molecule has 1 unspecified atom stereocenters. The lowest BCUT2D eigenvalue weighted by Gasteiger charge is -2.18. The summed E-state index contributed by atoms with van der Waals surface area (Å²) in [5.74, 6) is -0.457. The lowest BCUT2D eigenvalue weighted by molar-refractivity contribution is -0.133. The van der Waals surface area contributed by atoms with Crippen LogP contribution in [0.2, 0.25) is 0 Å². The van der Waals surface area contributed by atoms with Crippen molar-refractivity contribution in [2.75, 3.05) is 19.5 Å². The van der Waals surface area contributed by atoms with Gasteiger partial charge in [-0.2, -0.15) is 0 Å². The van der Waals surface area contributed by atoms with Crippen molar-refractivity contribution >= 4 is 28.4 Å². The Labute approximate surface area is 217 Å².